The van der Waals surface area contributed by atoms with E-state index in [1.807, 2.05) is 19.1 Å². The monoisotopic (exact) mass is 351 g/mol. The van der Waals surface area contributed by atoms with Crippen molar-refractivity contribution in [3.63, 3.8) is 0 Å². The van der Waals surface area contributed by atoms with Crippen LogP contribution < -0.4 is 10.6 Å². The minimum atomic E-state index is -0.357. The van der Waals surface area contributed by atoms with Crippen molar-refractivity contribution in [2.45, 2.75) is 51.1 Å². The summed E-state index contributed by atoms with van der Waals surface area (Å²) in [6.45, 7) is 1.95. The summed E-state index contributed by atoms with van der Waals surface area (Å²) in [6.07, 6.45) is 5.71. The summed E-state index contributed by atoms with van der Waals surface area (Å²) in [7, 11) is 1.78. The third kappa shape index (κ3) is 5.49. The predicted molar refractivity (Wildman–Crippen MR) is 97.2 cm³/mol. The van der Waals surface area contributed by atoms with Gasteiger partial charge in [0.15, 0.2) is 0 Å². The highest BCUT2D eigenvalue weighted by Crippen LogP contribution is 2.20. The highest BCUT2D eigenvalue weighted by atomic mass is 35.5. The standard InChI is InChI=1S/C18H26ClN3O2/c1-13(18(24)20-14-8-4-3-5-9-14)22(2)12-17(23)21-16-11-7-6-10-15(16)19/h6-7,10-11,13-14H,3-5,8-9,12H2,1-2H3,(H,20,24)(H,21,23). The van der Waals surface area contributed by atoms with E-state index >= 15 is 0 Å². The number of rotatable bonds is 6. The van der Waals surface area contributed by atoms with Crippen molar-refractivity contribution in [3.05, 3.63) is 29.3 Å². The van der Waals surface area contributed by atoms with Crippen LogP contribution in [0.2, 0.25) is 5.02 Å². The summed E-state index contributed by atoms with van der Waals surface area (Å²) < 4.78 is 0. The average Bonchev–Trinajstić information content (AvgIpc) is 2.57. The molecule has 1 aliphatic rings. The predicted octanol–water partition coefficient (Wildman–Crippen LogP) is 3.05. The molecule has 0 heterocycles. The summed E-state index contributed by atoms with van der Waals surface area (Å²) >= 11 is 6.03. The highest BCUT2D eigenvalue weighted by Gasteiger charge is 2.23. The van der Waals surface area contributed by atoms with Gasteiger partial charge in [0.05, 0.1) is 23.3 Å². The quantitative estimate of drug-likeness (QED) is 0.828. The minimum Gasteiger partial charge on any atom is -0.352 e. The molecule has 0 bridgehead atoms. The van der Waals surface area contributed by atoms with Gasteiger partial charge in [-0.1, -0.05) is 43.0 Å². The molecule has 1 saturated carbocycles. The molecular formula is C18H26ClN3O2. The number of nitrogens with one attached hydrogen (secondary N) is 2. The van der Waals surface area contributed by atoms with E-state index in [-0.39, 0.29) is 30.4 Å². The van der Waals surface area contributed by atoms with E-state index in [1.165, 1.54) is 19.3 Å². The number of carbonyl (C=O) groups is 2. The van der Waals surface area contributed by atoms with Crippen molar-refractivity contribution in [1.29, 1.82) is 0 Å². The molecule has 5 nitrogen and oxygen atoms in total. The smallest absolute Gasteiger partial charge is 0.238 e. The Balaban J connectivity index is 1.81. The maximum atomic E-state index is 12.3. The lowest BCUT2D eigenvalue weighted by Crippen LogP contribution is -2.49. The SMILES string of the molecule is CC(C(=O)NC1CCCCC1)N(C)CC(=O)Nc1ccccc1Cl. The summed E-state index contributed by atoms with van der Waals surface area (Å²) in [5.41, 5.74) is 0.580. The van der Waals surface area contributed by atoms with Crippen LogP contribution in [-0.4, -0.2) is 42.4 Å². The molecule has 0 spiro atoms. The van der Waals surface area contributed by atoms with Gasteiger partial charge in [0, 0.05) is 6.04 Å². The lowest BCUT2D eigenvalue weighted by atomic mass is 9.95. The average molecular weight is 352 g/mol. The number of nitrogens with zero attached hydrogens (tertiary/aromatic N) is 1. The van der Waals surface area contributed by atoms with Crippen LogP contribution >= 0.6 is 11.6 Å². The lowest BCUT2D eigenvalue weighted by Gasteiger charge is -2.28. The van der Waals surface area contributed by atoms with Crippen molar-refractivity contribution in [2.75, 3.05) is 18.9 Å². The Morgan fingerprint density at radius 2 is 1.92 bits per heavy atom. The maximum Gasteiger partial charge on any atom is 0.238 e. The van der Waals surface area contributed by atoms with Crippen LogP contribution in [-0.2, 0) is 9.59 Å². The largest absolute Gasteiger partial charge is 0.352 e. The van der Waals surface area contributed by atoms with Crippen molar-refractivity contribution < 1.29 is 9.59 Å². The third-order valence-corrected chi connectivity index (χ3v) is 4.86. The van der Waals surface area contributed by atoms with Crippen LogP contribution in [0, 0.1) is 0 Å². The first kappa shape index (κ1) is 18.7. The van der Waals surface area contributed by atoms with Gasteiger partial charge in [-0.25, -0.2) is 0 Å². The van der Waals surface area contributed by atoms with Crippen LogP contribution in [0.15, 0.2) is 24.3 Å². The minimum absolute atomic E-state index is 0.0186. The van der Waals surface area contributed by atoms with Gasteiger partial charge in [-0.3, -0.25) is 14.5 Å². The molecule has 1 unspecified atom stereocenters. The number of carbonyl (C=O) groups excluding carboxylic acids is 2. The van der Waals surface area contributed by atoms with Gasteiger partial charge in [-0.2, -0.15) is 0 Å². The highest BCUT2D eigenvalue weighted by molar-refractivity contribution is 6.33. The van der Waals surface area contributed by atoms with Gasteiger partial charge < -0.3 is 10.6 Å². The topological polar surface area (TPSA) is 61.4 Å². The normalized spacial score (nSPS) is 16.7. The van der Waals surface area contributed by atoms with Crippen LogP contribution in [0.3, 0.4) is 0 Å². The Kier molecular flexibility index (Phi) is 7.06. The second kappa shape index (κ2) is 9.04. The number of para-hydroxylation sites is 1. The first-order valence-electron chi connectivity index (χ1n) is 8.52. The van der Waals surface area contributed by atoms with E-state index in [1.54, 1.807) is 24.1 Å². The number of likely N-dealkylation sites (N-methyl/N-ethyl adjacent to an activating group) is 1. The van der Waals surface area contributed by atoms with Crippen LogP contribution in [0.4, 0.5) is 5.69 Å². The van der Waals surface area contributed by atoms with E-state index in [0.717, 1.165) is 12.8 Å². The molecule has 1 atom stereocenters. The van der Waals surface area contributed by atoms with Gasteiger partial charge in [0.25, 0.3) is 0 Å². The van der Waals surface area contributed by atoms with E-state index in [9.17, 15) is 9.59 Å². The van der Waals surface area contributed by atoms with Crippen LogP contribution in [0.5, 0.6) is 0 Å². The number of hydrogen-bond donors (Lipinski definition) is 2. The molecule has 0 aromatic heterocycles. The molecule has 0 radical (unpaired) electrons. The summed E-state index contributed by atoms with van der Waals surface area (Å²) in [5, 5.41) is 6.37. The zero-order valence-electron chi connectivity index (χ0n) is 14.3. The van der Waals surface area contributed by atoms with Gasteiger partial charge in [-0.15, -0.1) is 0 Å². The Morgan fingerprint density at radius 3 is 2.58 bits per heavy atom. The second-order valence-corrected chi connectivity index (χ2v) is 6.87. The second-order valence-electron chi connectivity index (χ2n) is 6.46. The molecule has 2 N–H and O–H groups in total. The number of amides is 2. The zero-order chi connectivity index (χ0) is 17.5. The first-order valence-corrected chi connectivity index (χ1v) is 8.90. The molecule has 24 heavy (non-hydrogen) atoms. The first-order chi connectivity index (χ1) is 11.5. The fourth-order valence-corrected chi connectivity index (χ4v) is 3.07. The van der Waals surface area contributed by atoms with Crippen LogP contribution in [0.25, 0.3) is 0 Å². The summed E-state index contributed by atoms with van der Waals surface area (Å²) in [5.74, 6) is -0.210. The third-order valence-electron chi connectivity index (χ3n) is 4.53. The summed E-state index contributed by atoms with van der Waals surface area (Å²) in [6, 6.07) is 7.01. The maximum absolute atomic E-state index is 12.3. The number of halogens is 1. The molecule has 2 amide bonds. The van der Waals surface area contributed by atoms with Gasteiger partial charge in [0.1, 0.15) is 0 Å². The molecule has 1 aliphatic carbocycles. The lowest BCUT2D eigenvalue weighted by molar-refractivity contribution is -0.127. The Hall–Kier alpha value is -1.59. The summed E-state index contributed by atoms with van der Waals surface area (Å²) in [4.78, 5) is 26.2. The Morgan fingerprint density at radius 1 is 1.25 bits per heavy atom. The zero-order valence-corrected chi connectivity index (χ0v) is 15.1. The van der Waals surface area contributed by atoms with E-state index in [4.69, 9.17) is 11.6 Å². The van der Waals surface area contributed by atoms with Crippen molar-refractivity contribution in [3.8, 4) is 0 Å². The molecule has 1 fully saturated rings. The van der Waals surface area contributed by atoms with Gasteiger partial charge in [0.2, 0.25) is 11.8 Å². The molecule has 1 aromatic rings. The van der Waals surface area contributed by atoms with Crippen LogP contribution in [0.1, 0.15) is 39.0 Å². The van der Waals surface area contributed by atoms with Gasteiger partial charge in [-0.05, 0) is 38.9 Å². The van der Waals surface area contributed by atoms with Crippen molar-refractivity contribution in [2.24, 2.45) is 0 Å². The fourth-order valence-electron chi connectivity index (χ4n) is 2.88. The molecule has 0 saturated heterocycles. The van der Waals surface area contributed by atoms with Crippen molar-refractivity contribution >= 4 is 29.1 Å². The van der Waals surface area contributed by atoms with E-state index in [0.29, 0.717) is 10.7 Å². The molecule has 132 valence electrons. The number of anilines is 1. The van der Waals surface area contributed by atoms with Gasteiger partial charge >= 0.3 is 0 Å². The molecule has 6 heteroatoms. The Bertz CT molecular complexity index is 573. The number of benzene rings is 1. The molecular weight excluding hydrogens is 326 g/mol. The molecule has 2 rings (SSSR count). The molecule has 0 aliphatic heterocycles. The van der Waals surface area contributed by atoms with Crippen molar-refractivity contribution in [1.82, 2.24) is 10.2 Å². The van der Waals surface area contributed by atoms with E-state index in [2.05, 4.69) is 10.6 Å². The van der Waals surface area contributed by atoms with E-state index < -0.39 is 0 Å². The Labute approximate surface area is 148 Å². The molecule has 1 aromatic carbocycles. The number of hydrogen-bond acceptors (Lipinski definition) is 3. The fraction of sp³-hybridized carbons (Fsp3) is 0.556.